The van der Waals surface area contributed by atoms with E-state index in [9.17, 15) is 13.2 Å². The van der Waals surface area contributed by atoms with E-state index in [1.165, 1.54) is 11.8 Å². The van der Waals surface area contributed by atoms with Crippen molar-refractivity contribution < 1.29 is 23.0 Å². The molecule has 86 valence electrons. The van der Waals surface area contributed by atoms with Crippen LogP contribution in [0.25, 0.3) is 0 Å². The second kappa shape index (κ2) is 7.36. The summed E-state index contributed by atoms with van der Waals surface area (Å²) in [7, 11) is 0. The van der Waals surface area contributed by atoms with E-state index in [4.69, 9.17) is 5.11 Å². The highest BCUT2D eigenvalue weighted by Crippen LogP contribution is 2.15. The molecule has 0 aliphatic carbocycles. The van der Waals surface area contributed by atoms with E-state index < -0.39 is 12.8 Å². The van der Waals surface area contributed by atoms with Crippen molar-refractivity contribution in [3.63, 3.8) is 0 Å². The molecule has 0 aliphatic rings. The molecular formula is C8H15F3O2S. The molecule has 1 atom stereocenters. The summed E-state index contributed by atoms with van der Waals surface area (Å²) in [4.78, 5) is 0. The Bertz CT molecular complexity index is 141. The highest BCUT2D eigenvalue weighted by atomic mass is 32.2. The van der Waals surface area contributed by atoms with Gasteiger partial charge >= 0.3 is 6.18 Å². The summed E-state index contributed by atoms with van der Waals surface area (Å²) in [5.41, 5.74) is 0. The van der Waals surface area contributed by atoms with Crippen molar-refractivity contribution in [3.05, 3.63) is 0 Å². The minimum absolute atomic E-state index is 0.0913. The predicted molar refractivity (Wildman–Crippen MR) is 50.5 cm³/mol. The van der Waals surface area contributed by atoms with Crippen molar-refractivity contribution in [1.29, 1.82) is 0 Å². The van der Waals surface area contributed by atoms with Crippen molar-refractivity contribution in [2.45, 2.75) is 24.8 Å². The van der Waals surface area contributed by atoms with Gasteiger partial charge in [0.2, 0.25) is 0 Å². The van der Waals surface area contributed by atoms with Crippen LogP contribution in [0.15, 0.2) is 0 Å². The molecule has 1 unspecified atom stereocenters. The Labute approximate surface area is 85.8 Å². The molecule has 0 radical (unpaired) electrons. The molecule has 2 nitrogen and oxygen atoms in total. The van der Waals surface area contributed by atoms with E-state index in [0.29, 0.717) is 12.2 Å². The molecule has 0 bridgehead atoms. The Hall–Kier alpha value is 0.0600. The van der Waals surface area contributed by atoms with E-state index in [1.807, 2.05) is 6.92 Å². The third-order valence-corrected chi connectivity index (χ3v) is 2.60. The summed E-state index contributed by atoms with van der Waals surface area (Å²) >= 11 is 1.52. The van der Waals surface area contributed by atoms with Crippen molar-refractivity contribution in [2.24, 2.45) is 0 Å². The fraction of sp³-hybridized carbons (Fsp3) is 1.00. The van der Waals surface area contributed by atoms with Gasteiger partial charge in [0, 0.05) is 11.9 Å². The topological polar surface area (TPSA) is 29.5 Å². The van der Waals surface area contributed by atoms with Crippen molar-refractivity contribution in [1.82, 2.24) is 0 Å². The maximum absolute atomic E-state index is 11.6. The van der Waals surface area contributed by atoms with Crippen LogP contribution >= 0.6 is 11.8 Å². The van der Waals surface area contributed by atoms with E-state index in [1.54, 1.807) is 0 Å². The minimum Gasteiger partial charge on any atom is -0.395 e. The van der Waals surface area contributed by atoms with E-state index in [0.717, 1.165) is 0 Å². The van der Waals surface area contributed by atoms with Gasteiger partial charge in [-0.05, 0) is 12.2 Å². The summed E-state index contributed by atoms with van der Waals surface area (Å²) in [5.74, 6) is 0.708. The molecule has 0 aromatic carbocycles. The molecule has 6 heteroatoms. The predicted octanol–water partition coefficient (Wildman–Crippen LogP) is 2.07. The van der Waals surface area contributed by atoms with Gasteiger partial charge in [0.05, 0.1) is 6.61 Å². The Morgan fingerprint density at radius 2 is 2.07 bits per heavy atom. The third kappa shape index (κ3) is 10.1. The Morgan fingerprint density at radius 3 is 2.57 bits per heavy atom. The quantitative estimate of drug-likeness (QED) is 0.681. The first-order chi connectivity index (χ1) is 6.45. The highest BCUT2D eigenvalue weighted by molar-refractivity contribution is 7.99. The van der Waals surface area contributed by atoms with Gasteiger partial charge < -0.3 is 9.84 Å². The first-order valence-corrected chi connectivity index (χ1v) is 5.37. The number of aliphatic hydroxyl groups excluding tert-OH is 1. The normalized spacial score (nSPS) is 14.4. The first kappa shape index (κ1) is 14.1. The lowest BCUT2D eigenvalue weighted by molar-refractivity contribution is -0.173. The smallest absolute Gasteiger partial charge is 0.395 e. The number of hydrogen-bond donors (Lipinski definition) is 1. The molecule has 0 rings (SSSR count). The van der Waals surface area contributed by atoms with Gasteiger partial charge in [-0.15, -0.1) is 0 Å². The number of ether oxygens (including phenoxy) is 1. The standard InChI is InChI=1S/C8H15F3O2S/c1-7(5-12)14-4-2-3-13-6-8(9,10)11/h7,12H,2-6H2,1H3. The number of aliphatic hydroxyl groups is 1. The Morgan fingerprint density at radius 1 is 1.43 bits per heavy atom. The molecule has 0 heterocycles. The molecule has 14 heavy (non-hydrogen) atoms. The SMILES string of the molecule is CC(CO)SCCCOCC(F)(F)F. The van der Waals surface area contributed by atoms with E-state index in [-0.39, 0.29) is 18.5 Å². The molecule has 0 aliphatic heterocycles. The zero-order valence-corrected chi connectivity index (χ0v) is 8.83. The second-order valence-electron chi connectivity index (χ2n) is 2.89. The average molecular weight is 232 g/mol. The van der Waals surface area contributed by atoms with Crippen LogP contribution in [0.3, 0.4) is 0 Å². The van der Waals surface area contributed by atoms with Crippen LogP contribution in [0.4, 0.5) is 13.2 Å². The number of hydrogen-bond acceptors (Lipinski definition) is 3. The lowest BCUT2D eigenvalue weighted by Crippen LogP contribution is -2.17. The van der Waals surface area contributed by atoms with Crippen molar-refractivity contribution >= 4 is 11.8 Å². The maximum Gasteiger partial charge on any atom is 0.411 e. The molecule has 0 fully saturated rings. The lowest BCUT2D eigenvalue weighted by Gasteiger charge is -2.09. The summed E-state index contributed by atoms with van der Waals surface area (Å²) in [5, 5.41) is 8.78. The Balaban J connectivity index is 3.14. The Kier molecular flexibility index (Phi) is 7.40. The maximum atomic E-state index is 11.6. The van der Waals surface area contributed by atoms with Gasteiger partial charge in [-0.3, -0.25) is 0 Å². The molecular weight excluding hydrogens is 217 g/mol. The van der Waals surface area contributed by atoms with Gasteiger partial charge in [-0.25, -0.2) is 0 Å². The molecule has 0 aromatic rings. The van der Waals surface area contributed by atoms with Crippen LogP contribution in [0.1, 0.15) is 13.3 Å². The van der Waals surface area contributed by atoms with Gasteiger partial charge in [-0.1, -0.05) is 6.92 Å². The minimum atomic E-state index is -4.23. The van der Waals surface area contributed by atoms with Gasteiger partial charge in [0.15, 0.2) is 0 Å². The fourth-order valence-corrected chi connectivity index (χ4v) is 1.48. The van der Waals surface area contributed by atoms with Gasteiger partial charge in [-0.2, -0.15) is 24.9 Å². The summed E-state index contributed by atoms with van der Waals surface area (Å²) in [6.07, 6.45) is -3.66. The van der Waals surface area contributed by atoms with Crippen molar-refractivity contribution in [3.8, 4) is 0 Å². The third-order valence-electron chi connectivity index (χ3n) is 1.36. The largest absolute Gasteiger partial charge is 0.411 e. The number of halogens is 3. The van der Waals surface area contributed by atoms with Gasteiger partial charge in [0.1, 0.15) is 6.61 Å². The summed E-state index contributed by atoms with van der Waals surface area (Å²) in [6.45, 7) is 0.896. The highest BCUT2D eigenvalue weighted by Gasteiger charge is 2.27. The summed E-state index contributed by atoms with van der Waals surface area (Å²) in [6, 6.07) is 0. The molecule has 0 aromatic heterocycles. The van der Waals surface area contributed by atoms with Crippen LogP contribution in [-0.2, 0) is 4.74 Å². The van der Waals surface area contributed by atoms with Gasteiger partial charge in [0.25, 0.3) is 0 Å². The zero-order chi connectivity index (χ0) is 11.0. The number of alkyl halides is 3. The van der Waals surface area contributed by atoms with E-state index in [2.05, 4.69) is 4.74 Å². The number of rotatable bonds is 7. The van der Waals surface area contributed by atoms with Crippen LogP contribution in [0.5, 0.6) is 0 Å². The molecule has 0 amide bonds. The second-order valence-corrected chi connectivity index (χ2v) is 4.43. The van der Waals surface area contributed by atoms with Crippen LogP contribution in [0.2, 0.25) is 0 Å². The number of thioether (sulfide) groups is 1. The van der Waals surface area contributed by atoms with Crippen LogP contribution < -0.4 is 0 Å². The molecule has 1 N–H and O–H groups in total. The average Bonchev–Trinajstić information content (AvgIpc) is 2.08. The van der Waals surface area contributed by atoms with E-state index >= 15 is 0 Å². The molecule has 0 saturated carbocycles. The molecule has 0 spiro atoms. The summed E-state index contributed by atoms with van der Waals surface area (Å²) < 4.78 is 39.2. The lowest BCUT2D eigenvalue weighted by atomic mass is 10.5. The zero-order valence-electron chi connectivity index (χ0n) is 8.01. The van der Waals surface area contributed by atoms with Crippen molar-refractivity contribution in [2.75, 3.05) is 25.6 Å². The monoisotopic (exact) mass is 232 g/mol. The fourth-order valence-electron chi connectivity index (χ4n) is 0.686. The molecule has 0 saturated heterocycles. The van der Waals surface area contributed by atoms with Crippen LogP contribution in [0, 0.1) is 0 Å². The van der Waals surface area contributed by atoms with Crippen LogP contribution in [-0.4, -0.2) is 42.1 Å². The first-order valence-electron chi connectivity index (χ1n) is 4.32.